The molecule has 3 rings (SSSR count). The molecule has 2 fully saturated rings. The zero-order valence-corrected chi connectivity index (χ0v) is 12.7. The van der Waals surface area contributed by atoms with Crippen LogP contribution in [0.2, 0.25) is 0 Å². The molecule has 0 amide bonds. The summed E-state index contributed by atoms with van der Waals surface area (Å²) in [5, 5.41) is 13.3. The van der Waals surface area contributed by atoms with E-state index in [2.05, 4.69) is 5.10 Å². The van der Waals surface area contributed by atoms with Crippen LogP contribution in [0.25, 0.3) is 0 Å². The zero-order chi connectivity index (χ0) is 15.2. The summed E-state index contributed by atoms with van der Waals surface area (Å²) in [6, 6.07) is -1.15. The van der Waals surface area contributed by atoms with Gasteiger partial charge in [-0.2, -0.15) is 9.40 Å². The first-order valence-corrected chi connectivity index (χ1v) is 8.60. The van der Waals surface area contributed by atoms with Gasteiger partial charge in [0, 0.05) is 19.3 Å². The third-order valence-corrected chi connectivity index (χ3v) is 6.46. The van der Waals surface area contributed by atoms with E-state index < -0.39 is 22.0 Å². The van der Waals surface area contributed by atoms with Crippen molar-refractivity contribution < 1.29 is 18.3 Å². The van der Waals surface area contributed by atoms with Gasteiger partial charge >= 0.3 is 5.97 Å². The Hall–Kier alpha value is -1.41. The Kier molecular flexibility index (Phi) is 3.53. The van der Waals surface area contributed by atoms with Crippen LogP contribution in [0.3, 0.4) is 0 Å². The monoisotopic (exact) mass is 313 g/mol. The van der Waals surface area contributed by atoms with Crippen molar-refractivity contribution >= 4 is 16.0 Å². The molecular weight excluding hydrogens is 294 g/mol. The minimum Gasteiger partial charge on any atom is -0.480 e. The van der Waals surface area contributed by atoms with Crippen LogP contribution in [0, 0.1) is 5.92 Å². The Balaban J connectivity index is 2.02. The van der Waals surface area contributed by atoms with E-state index in [1.54, 1.807) is 7.05 Å². The molecule has 2 heterocycles. The molecule has 3 atom stereocenters. The summed E-state index contributed by atoms with van der Waals surface area (Å²) in [6.07, 6.45) is 6.77. The van der Waals surface area contributed by atoms with E-state index >= 15 is 0 Å². The average molecular weight is 313 g/mol. The van der Waals surface area contributed by atoms with Crippen molar-refractivity contribution in [2.45, 2.75) is 49.1 Å². The molecule has 1 saturated heterocycles. The molecule has 0 radical (unpaired) electrons. The van der Waals surface area contributed by atoms with Gasteiger partial charge < -0.3 is 5.11 Å². The number of aryl methyl sites for hydroxylation is 1. The fourth-order valence-electron chi connectivity index (χ4n) is 3.63. The lowest BCUT2D eigenvalue weighted by atomic mass is 9.85. The summed E-state index contributed by atoms with van der Waals surface area (Å²) in [5.74, 6) is -0.900. The van der Waals surface area contributed by atoms with Gasteiger partial charge in [0.2, 0.25) is 10.0 Å². The highest BCUT2D eigenvalue weighted by Crippen LogP contribution is 2.42. The second-order valence-electron chi connectivity index (χ2n) is 5.89. The number of aromatic nitrogens is 2. The predicted octanol–water partition coefficient (Wildman–Crippen LogP) is 0.826. The predicted molar refractivity (Wildman–Crippen MR) is 74.0 cm³/mol. The quantitative estimate of drug-likeness (QED) is 0.892. The van der Waals surface area contributed by atoms with Crippen molar-refractivity contribution in [3.05, 3.63) is 12.4 Å². The molecule has 1 aromatic rings. The molecule has 1 aliphatic heterocycles. The molecular formula is C13H19N3O4S. The number of hydrogen-bond acceptors (Lipinski definition) is 4. The largest absolute Gasteiger partial charge is 0.480 e. The Bertz CT molecular complexity index is 654. The van der Waals surface area contributed by atoms with Crippen molar-refractivity contribution in [2.24, 2.45) is 13.0 Å². The van der Waals surface area contributed by atoms with Gasteiger partial charge in [0.1, 0.15) is 10.9 Å². The maximum Gasteiger partial charge on any atom is 0.322 e. The van der Waals surface area contributed by atoms with Crippen LogP contribution in [0.1, 0.15) is 32.1 Å². The Labute approximate surface area is 123 Å². The van der Waals surface area contributed by atoms with Crippen molar-refractivity contribution in [3.63, 3.8) is 0 Å². The minimum atomic E-state index is -3.81. The van der Waals surface area contributed by atoms with Gasteiger partial charge in [-0.05, 0) is 25.2 Å². The Morgan fingerprint density at radius 3 is 2.71 bits per heavy atom. The smallest absolute Gasteiger partial charge is 0.322 e. The average Bonchev–Trinajstić information content (AvgIpc) is 3.02. The Morgan fingerprint density at radius 1 is 1.38 bits per heavy atom. The number of aliphatic carboxylic acids is 1. The van der Waals surface area contributed by atoms with Crippen molar-refractivity contribution in [1.82, 2.24) is 14.1 Å². The highest BCUT2D eigenvalue weighted by molar-refractivity contribution is 7.89. The standard InChI is InChI=1S/C13H19N3O4S/c1-15-8-10(7-14-15)21(19,20)16-11-5-3-2-4-9(11)6-12(16)13(17)18/h7-9,11-12H,2-6H2,1H3,(H,17,18). The normalized spacial score (nSPS) is 30.2. The molecule has 0 bridgehead atoms. The fourth-order valence-corrected chi connectivity index (χ4v) is 5.48. The number of sulfonamides is 1. The molecule has 1 saturated carbocycles. The number of rotatable bonds is 3. The van der Waals surface area contributed by atoms with Crippen LogP contribution in [0.5, 0.6) is 0 Å². The number of hydrogen-bond donors (Lipinski definition) is 1. The van der Waals surface area contributed by atoms with Crippen molar-refractivity contribution in [3.8, 4) is 0 Å². The molecule has 0 spiro atoms. The maximum absolute atomic E-state index is 12.8. The lowest BCUT2D eigenvalue weighted by Crippen LogP contribution is -2.46. The van der Waals surface area contributed by atoms with Crippen LogP contribution in [0.15, 0.2) is 17.3 Å². The van der Waals surface area contributed by atoms with E-state index in [4.69, 9.17) is 0 Å². The van der Waals surface area contributed by atoms with E-state index in [9.17, 15) is 18.3 Å². The van der Waals surface area contributed by atoms with Crippen LogP contribution in [0.4, 0.5) is 0 Å². The SMILES string of the molecule is Cn1cc(S(=O)(=O)N2C(C(=O)O)CC3CCCCC32)cn1. The lowest BCUT2D eigenvalue weighted by Gasteiger charge is -2.31. The van der Waals surface area contributed by atoms with Gasteiger partial charge in [-0.3, -0.25) is 9.48 Å². The molecule has 116 valence electrons. The van der Waals surface area contributed by atoms with E-state index in [1.165, 1.54) is 21.4 Å². The minimum absolute atomic E-state index is 0.0717. The molecule has 1 aliphatic carbocycles. The number of carbonyl (C=O) groups is 1. The first-order valence-electron chi connectivity index (χ1n) is 7.16. The van der Waals surface area contributed by atoms with E-state index in [0.29, 0.717) is 6.42 Å². The Morgan fingerprint density at radius 2 is 2.10 bits per heavy atom. The zero-order valence-electron chi connectivity index (χ0n) is 11.8. The van der Waals surface area contributed by atoms with Gasteiger partial charge in [0.05, 0.1) is 6.20 Å². The summed E-state index contributed by atoms with van der Waals surface area (Å²) in [7, 11) is -2.17. The molecule has 8 heteroatoms. The molecule has 0 aromatic carbocycles. The second kappa shape index (κ2) is 5.10. The number of carboxylic acids is 1. The topological polar surface area (TPSA) is 92.5 Å². The van der Waals surface area contributed by atoms with Gasteiger partial charge in [-0.1, -0.05) is 12.8 Å². The summed E-state index contributed by atoms with van der Waals surface area (Å²) < 4.78 is 28.3. The summed E-state index contributed by atoms with van der Waals surface area (Å²) in [5.41, 5.74) is 0. The summed E-state index contributed by atoms with van der Waals surface area (Å²) >= 11 is 0. The van der Waals surface area contributed by atoms with Gasteiger partial charge in [-0.25, -0.2) is 8.42 Å². The summed E-state index contributed by atoms with van der Waals surface area (Å²) in [6.45, 7) is 0. The number of fused-ring (bicyclic) bond motifs is 1. The van der Waals surface area contributed by atoms with Crippen LogP contribution in [-0.2, 0) is 21.9 Å². The van der Waals surface area contributed by atoms with Gasteiger partial charge in [0.15, 0.2) is 0 Å². The molecule has 21 heavy (non-hydrogen) atoms. The molecule has 7 nitrogen and oxygen atoms in total. The third-order valence-electron chi connectivity index (χ3n) is 4.57. The maximum atomic E-state index is 12.8. The lowest BCUT2D eigenvalue weighted by molar-refractivity contribution is -0.141. The fraction of sp³-hybridized carbons (Fsp3) is 0.692. The van der Waals surface area contributed by atoms with Crippen molar-refractivity contribution in [1.29, 1.82) is 0 Å². The van der Waals surface area contributed by atoms with E-state index in [0.717, 1.165) is 25.7 Å². The van der Waals surface area contributed by atoms with Crippen LogP contribution >= 0.6 is 0 Å². The molecule has 3 unspecified atom stereocenters. The highest BCUT2D eigenvalue weighted by atomic mass is 32.2. The highest BCUT2D eigenvalue weighted by Gasteiger charge is 2.51. The van der Waals surface area contributed by atoms with E-state index in [-0.39, 0.29) is 16.9 Å². The van der Waals surface area contributed by atoms with Gasteiger partial charge in [0.25, 0.3) is 0 Å². The second-order valence-corrected chi connectivity index (χ2v) is 7.73. The molecule has 2 aliphatic rings. The first-order chi connectivity index (χ1) is 9.91. The van der Waals surface area contributed by atoms with Gasteiger partial charge in [-0.15, -0.1) is 0 Å². The number of carboxylic acid groups (broad SMARTS) is 1. The summed E-state index contributed by atoms with van der Waals surface area (Å²) in [4.78, 5) is 11.6. The van der Waals surface area contributed by atoms with E-state index in [1.807, 2.05) is 0 Å². The van der Waals surface area contributed by atoms with Crippen molar-refractivity contribution in [2.75, 3.05) is 0 Å². The molecule has 1 N–H and O–H groups in total. The number of nitrogens with zero attached hydrogens (tertiary/aromatic N) is 3. The van der Waals surface area contributed by atoms with Crippen LogP contribution in [-0.4, -0.2) is 45.7 Å². The first kappa shape index (κ1) is 14.5. The van der Waals surface area contributed by atoms with Crippen LogP contribution < -0.4 is 0 Å². The third kappa shape index (κ3) is 2.36. The molecule has 1 aromatic heterocycles.